The van der Waals surface area contributed by atoms with Crippen LogP contribution in [0.2, 0.25) is 0 Å². The van der Waals surface area contributed by atoms with E-state index < -0.39 is 7.37 Å². The quantitative estimate of drug-likeness (QED) is 0.743. The highest BCUT2D eigenvalue weighted by molar-refractivity contribution is 7.66. The van der Waals surface area contributed by atoms with E-state index in [-0.39, 0.29) is 5.97 Å². The molecule has 16 heavy (non-hydrogen) atoms. The van der Waals surface area contributed by atoms with E-state index in [1.807, 2.05) is 13.0 Å². The first-order valence-electron chi connectivity index (χ1n) is 5.42. The zero-order valence-electron chi connectivity index (χ0n) is 9.68. The van der Waals surface area contributed by atoms with Gasteiger partial charge in [0, 0.05) is 18.4 Å². The molecule has 0 fully saturated rings. The van der Waals surface area contributed by atoms with Gasteiger partial charge >= 0.3 is 5.97 Å². The summed E-state index contributed by atoms with van der Waals surface area (Å²) in [7, 11) is -2.99. The van der Waals surface area contributed by atoms with E-state index in [9.17, 15) is 9.36 Å². The topological polar surface area (TPSA) is 43.4 Å². The van der Waals surface area contributed by atoms with Gasteiger partial charge in [-0.15, -0.1) is 0 Å². The lowest BCUT2D eigenvalue weighted by molar-refractivity contribution is -0.134. The second kappa shape index (κ2) is 5.86. The number of hydrogen-bond donors (Lipinski definition) is 0. The van der Waals surface area contributed by atoms with Gasteiger partial charge in [-0.25, -0.2) is 0 Å². The van der Waals surface area contributed by atoms with Crippen LogP contribution < -0.4 is 5.30 Å². The Morgan fingerprint density at radius 1 is 1.31 bits per heavy atom. The third-order valence-corrected chi connectivity index (χ3v) is 4.02. The van der Waals surface area contributed by atoms with Crippen LogP contribution >= 0.6 is 7.37 Å². The summed E-state index contributed by atoms with van der Waals surface area (Å²) >= 11 is 0. The highest BCUT2D eigenvalue weighted by Crippen LogP contribution is 2.41. The van der Waals surface area contributed by atoms with Crippen molar-refractivity contribution in [2.24, 2.45) is 0 Å². The molecule has 1 aromatic rings. The van der Waals surface area contributed by atoms with E-state index in [4.69, 9.17) is 4.52 Å². The van der Waals surface area contributed by atoms with E-state index in [0.29, 0.717) is 11.7 Å². The molecule has 1 rings (SSSR count). The van der Waals surface area contributed by atoms with Gasteiger partial charge in [-0.3, -0.25) is 9.36 Å². The van der Waals surface area contributed by atoms with E-state index >= 15 is 0 Å². The fraction of sp³-hybridized carbons (Fsp3) is 0.417. The summed E-state index contributed by atoms with van der Waals surface area (Å²) < 4.78 is 17.2. The Morgan fingerprint density at radius 2 is 1.94 bits per heavy atom. The normalized spacial score (nSPS) is 14.1. The number of carbonyl (C=O) groups excluding carboxylic acids is 1. The minimum absolute atomic E-state index is 0.334. The maximum Gasteiger partial charge on any atom is 0.311 e. The summed E-state index contributed by atoms with van der Waals surface area (Å²) in [6.45, 7) is 3.47. The van der Waals surface area contributed by atoms with Gasteiger partial charge in [0.1, 0.15) is 0 Å². The van der Waals surface area contributed by atoms with E-state index in [1.54, 1.807) is 24.3 Å². The minimum Gasteiger partial charge on any atom is -0.408 e. The molecular formula is C12H17O3P. The summed E-state index contributed by atoms with van der Waals surface area (Å²) in [6.07, 6.45) is 2.03. The highest BCUT2D eigenvalue weighted by atomic mass is 31.2. The molecule has 0 saturated heterocycles. The van der Waals surface area contributed by atoms with Gasteiger partial charge in [0.05, 0.1) is 0 Å². The van der Waals surface area contributed by atoms with E-state index in [0.717, 1.165) is 12.8 Å². The van der Waals surface area contributed by atoms with Crippen LogP contribution in [-0.2, 0) is 13.9 Å². The van der Waals surface area contributed by atoms with Crippen LogP contribution in [0.5, 0.6) is 0 Å². The molecule has 0 radical (unpaired) electrons. The van der Waals surface area contributed by atoms with Gasteiger partial charge in [-0.2, -0.15) is 0 Å². The van der Waals surface area contributed by atoms with E-state index in [2.05, 4.69) is 0 Å². The molecular weight excluding hydrogens is 223 g/mol. The van der Waals surface area contributed by atoms with Crippen LogP contribution in [0.3, 0.4) is 0 Å². The molecule has 0 aliphatic carbocycles. The lowest BCUT2D eigenvalue weighted by Crippen LogP contribution is -2.10. The Kier molecular flexibility index (Phi) is 4.75. The molecule has 1 aromatic carbocycles. The standard InChI is InChI=1S/C12H17O3P/c1-3-4-10-12(13)15-16(2,14)11-8-6-5-7-9-11/h5-9H,3-4,10H2,1-2H3. The number of benzene rings is 1. The molecule has 0 amide bonds. The molecule has 0 aromatic heterocycles. The third kappa shape index (κ3) is 3.82. The van der Waals surface area contributed by atoms with Crippen molar-refractivity contribution in [2.45, 2.75) is 26.2 Å². The maximum absolute atomic E-state index is 12.1. The molecule has 3 nitrogen and oxygen atoms in total. The molecule has 0 bridgehead atoms. The predicted octanol–water partition coefficient (Wildman–Crippen LogP) is 2.95. The molecule has 4 heteroatoms. The van der Waals surface area contributed by atoms with Gasteiger partial charge in [0.25, 0.3) is 7.37 Å². The van der Waals surface area contributed by atoms with Crippen LogP contribution in [0.4, 0.5) is 0 Å². The molecule has 0 spiro atoms. The summed E-state index contributed by atoms with van der Waals surface area (Å²) in [6, 6.07) is 8.83. The second-order valence-electron chi connectivity index (χ2n) is 3.75. The highest BCUT2D eigenvalue weighted by Gasteiger charge is 2.22. The van der Waals surface area contributed by atoms with Crippen LogP contribution in [0.25, 0.3) is 0 Å². The van der Waals surface area contributed by atoms with Crippen LogP contribution in [0.15, 0.2) is 30.3 Å². The average Bonchev–Trinajstić information content (AvgIpc) is 2.27. The van der Waals surface area contributed by atoms with Crippen molar-refractivity contribution in [1.29, 1.82) is 0 Å². The van der Waals surface area contributed by atoms with Gasteiger partial charge in [-0.05, 0) is 18.6 Å². The fourth-order valence-electron chi connectivity index (χ4n) is 1.31. The zero-order chi connectivity index (χ0) is 12.0. The second-order valence-corrected chi connectivity index (χ2v) is 6.14. The van der Waals surface area contributed by atoms with Gasteiger partial charge < -0.3 is 4.52 Å². The monoisotopic (exact) mass is 240 g/mol. The van der Waals surface area contributed by atoms with Crippen molar-refractivity contribution in [2.75, 3.05) is 6.66 Å². The fourth-order valence-corrected chi connectivity index (χ4v) is 2.61. The molecule has 0 heterocycles. The number of unbranched alkanes of at least 4 members (excludes halogenated alkanes) is 1. The minimum atomic E-state index is -2.99. The average molecular weight is 240 g/mol. The summed E-state index contributed by atoms with van der Waals surface area (Å²) in [5.74, 6) is -0.378. The number of hydrogen-bond acceptors (Lipinski definition) is 3. The molecule has 0 aliphatic heterocycles. The van der Waals surface area contributed by atoms with Gasteiger partial charge in [0.2, 0.25) is 0 Å². The van der Waals surface area contributed by atoms with Crippen molar-refractivity contribution >= 4 is 18.6 Å². The van der Waals surface area contributed by atoms with E-state index in [1.165, 1.54) is 6.66 Å². The Labute approximate surface area is 96.3 Å². The first-order chi connectivity index (χ1) is 7.56. The van der Waals surface area contributed by atoms with Gasteiger partial charge in [0.15, 0.2) is 0 Å². The Hall–Kier alpha value is -1.08. The smallest absolute Gasteiger partial charge is 0.311 e. The van der Waals surface area contributed by atoms with Crippen molar-refractivity contribution < 1.29 is 13.9 Å². The maximum atomic E-state index is 12.1. The first-order valence-corrected chi connectivity index (χ1v) is 7.49. The SMILES string of the molecule is CCCCC(=O)OP(C)(=O)c1ccccc1. The Bertz CT molecular complexity index is 387. The lowest BCUT2D eigenvalue weighted by atomic mass is 10.3. The molecule has 0 N–H and O–H groups in total. The lowest BCUT2D eigenvalue weighted by Gasteiger charge is -2.13. The van der Waals surface area contributed by atoms with Crippen molar-refractivity contribution in [1.82, 2.24) is 0 Å². The van der Waals surface area contributed by atoms with Crippen LogP contribution in [0.1, 0.15) is 26.2 Å². The van der Waals surface area contributed by atoms with Crippen LogP contribution in [0, 0.1) is 0 Å². The summed E-state index contributed by atoms with van der Waals surface area (Å²) in [5.41, 5.74) is 0. The molecule has 0 aliphatic rings. The first kappa shape index (κ1) is 13.0. The summed E-state index contributed by atoms with van der Waals surface area (Å²) in [4.78, 5) is 11.4. The molecule has 1 atom stereocenters. The van der Waals surface area contributed by atoms with Gasteiger partial charge in [-0.1, -0.05) is 31.5 Å². The Balaban J connectivity index is 2.66. The van der Waals surface area contributed by atoms with Crippen molar-refractivity contribution in [3.63, 3.8) is 0 Å². The van der Waals surface area contributed by atoms with Crippen molar-refractivity contribution in [3.8, 4) is 0 Å². The van der Waals surface area contributed by atoms with Crippen LogP contribution in [-0.4, -0.2) is 12.6 Å². The molecule has 1 unspecified atom stereocenters. The largest absolute Gasteiger partial charge is 0.408 e. The number of rotatable bonds is 5. The molecule has 88 valence electrons. The molecule has 0 saturated carbocycles. The zero-order valence-corrected chi connectivity index (χ0v) is 10.6. The third-order valence-electron chi connectivity index (χ3n) is 2.24. The van der Waals surface area contributed by atoms with Crippen molar-refractivity contribution in [3.05, 3.63) is 30.3 Å². The Morgan fingerprint density at radius 3 is 2.50 bits per heavy atom. The predicted molar refractivity (Wildman–Crippen MR) is 65.2 cm³/mol. The summed E-state index contributed by atoms with van der Waals surface area (Å²) in [5, 5.41) is 0.583. The number of carbonyl (C=O) groups is 1.